The standard InChI is InChI=1S/C18H20FN3O5S2/c1-10(2)22(12-5-3-11(19)4-6-12)29(26,27)14-9-13(15(20)23)16(28-14)21-17(24)18(25)7-8-18/h3-6,9-10,25H,7-8H2,1-2H3,(H2,20,23)(H,21,24). The first-order valence-corrected chi connectivity index (χ1v) is 11.0. The number of halogens is 1. The van der Waals surface area contributed by atoms with Crippen LogP contribution in [-0.4, -0.2) is 37.0 Å². The maximum absolute atomic E-state index is 13.3. The Kier molecular flexibility index (Phi) is 5.41. The molecule has 2 aromatic rings. The number of benzene rings is 1. The van der Waals surface area contributed by atoms with Crippen molar-refractivity contribution in [2.75, 3.05) is 9.62 Å². The van der Waals surface area contributed by atoms with E-state index in [1.807, 2.05) is 0 Å². The van der Waals surface area contributed by atoms with Crippen LogP contribution >= 0.6 is 11.3 Å². The minimum Gasteiger partial charge on any atom is -0.380 e. The van der Waals surface area contributed by atoms with Crippen molar-refractivity contribution in [2.45, 2.75) is 42.5 Å². The smallest absolute Gasteiger partial charge is 0.274 e. The van der Waals surface area contributed by atoms with E-state index < -0.39 is 39.3 Å². The van der Waals surface area contributed by atoms with Gasteiger partial charge in [-0.15, -0.1) is 11.3 Å². The second kappa shape index (κ2) is 7.39. The summed E-state index contributed by atoms with van der Waals surface area (Å²) < 4.78 is 40.7. The number of carbonyl (C=O) groups is 2. The van der Waals surface area contributed by atoms with E-state index >= 15 is 0 Å². The summed E-state index contributed by atoms with van der Waals surface area (Å²) in [6.07, 6.45) is 0.569. The van der Waals surface area contributed by atoms with Crippen molar-refractivity contribution in [1.82, 2.24) is 0 Å². The van der Waals surface area contributed by atoms with Gasteiger partial charge in [0.1, 0.15) is 20.6 Å². The predicted molar refractivity (Wildman–Crippen MR) is 107 cm³/mol. The van der Waals surface area contributed by atoms with Crippen LogP contribution in [0.25, 0.3) is 0 Å². The summed E-state index contributed by atoms with van der Waals surface area (Å²) >= 11 is 0.663. The van der Waals surface area contributed by atoms with Crippen molar-refractivity contribution in [2.24, 2.45) is 5.73 Å². The van der Waals surface area contributed by atoms with Gasteiger partial charge in [-0.25, -0.2) is 12.8 Å². The Bertz CT molecular complexity index is 1060. The minimum atomic E-state index is -4.15. The van der Waals surface area contributed by atoms with Gasteiger partial charge in [0.05, 0.1) is 11.3 Å². The maximum atomic E-state index is 13.3. The first-order chi connectivity index (χ1) is 13.5. The Labute approximate surface area is 171 Å². The molecule has 3 rings (SSSR count). The van der Waals surface area contributed by atoms with Gasteiger partial charge in [0.25, 0.3) is 21.8 Å². The van der Waals surface area contributed by atoms with E-state index in [9.17, 15) is 27.5 Å². The maximum Gasteiger partial charge on any atom is 0.274 e. The molecule has 1 aromatic carbocycles. The van der Waals surface area contributed by atoms with Gasteiger partial charge in [-0.1, -0.05) is 0 Å². The number of thiophene rings is 1. The molecule has 1 aromatic heterocycles. The van der Waals surface area contributed by atoms with Gasteiger partial charge in [-0.3, -0.25) is 13.9 Å². The van der Waals surface area contributed by atoms with Gasteiger partial charge >= 0.3 is 0 Å². The summed E-state index contributed by atoms with van der Waals surface area (Å²) in [5.41, 5.74) is 3.91. The molecule has 0 aliphatic heterocycles. The molecule has 0 unspecified atom stereocenters. The molecule has 0 radical (unpaired) electrons. The Morgan fingerprint density at radius 2 is 1.86 bits per heavy atom. The first-order valence-electron chi connectivity index (χ1n) is 8.73. The van der Waals surface area contributed by atoms with E-state index in [0.717, 1.165) is 22.5 Å². The molecule has 1 heterocycles. The zero-order chi connectivity index (χ0) is 21.6. The predicted octanol–water partition coefficient (Wildman–Crippen LogP) is 2.05. The summed E-state index contributed by atoms with van der Waals surface area (Å²) in [6.45, 7) is 3.30. The van der Waals surface area contributed by atoms with E-state index in [1.165, 1.54) is 12.1 Å². The number of amides is 2. The highest BCUT2D eigenvalue weighted by atomic mass is 32.2. The summed E-state index contributed by atoms with van der Waals surface area (Å²) in [5.74, 6) is -2.14. The molecule has 0 bridgehead atoms. The van der Waals surface area contributed by atoms with Crippen molar-refractivity contribution in [1.29, 1.82) is 0 Å². The van der Waals surface area contributed by atoms with Crippen LogP contribution in [0.15, 0.2) is 34.5 Å². The fourth-order valence-corrected chi connectivity index (χ4v) is 5.85. The van der Waals surface area contributed by atoms with E-state index in [2.05, 4.69) is 5.32 Å². The van der Waals surface area contributed by atoms with Crippen LogP contribution in [0, 0.1) is 5.82 Å². The average Bonchev–Trinajstić information content (AvgIpc) is 3.23. The van der Waals surface area contributed by atoms with E-state index in [-0.39, 0.29) is 33.3 Å². The Morgan fingerprint density at radius 1 is 1.28 bits per heavy atom. The molecule has 1 fully saturated rings. The van der Waals surface area contributed by atoms with Crippen molar-refractivity contribution in [3.05, 3.63) is 41.7 Å². The highest BCUT2D eigenvalue weighted by molar-refractivity contribution is 7.94. The summed E-state index contributed by atoms with van der Waals surface area (Å²) in [4.78, 5) is 23.9. The summed E-state index contributed by atoms with van der Waals surface area (Å²) in [7, 11) is -4.15. The third-order valence-electron chi connectivity index (χ3n) is 4.41. The SMILES string of the molecule is CC(C)N(c1ccc(F)cc1)S(=O)(=O)c1cc(C(N)=O)c(NC(=O)C2(O)CC2)s1. The molecule has 1 aliphatic carbocycles. The Morgan fingerprint density at radius 3 is 2.34 bits per heavy atom. The van der Waals surface area contributed by atoms with Crippen LogP contribution < -0.4 is 15.4 Å². The zero-order valence-corrected chi connectivity index (χ0v) is 17.3. The first kappa shape index (κ1) is 21.2. The van der Waals surface area contributed by atoms with E-state index in [1.54, 1.807) is 13.8 Å². The van der Waals surface area contributed by atoms with Gasteiger partial charge < -0.3 is 16.2 Å². The van der Waals surface area contributed by atoms with Crippen LogP contribution in [0.3, 0.4) is 0 Å². The van der Waals surface area contributed by atoms with Gasteiger partial charge in [-0.2, -0.15) is 0 Å². The fraction of sp³-hybridized carbons (Fsp3) is 0.333. The quantitative estimate of drug-likeness (QED) is 0.605. The number of rotatable bonds is 7. The fourth-order valence-electron chi connectivity index (χ4n) is 2.74. The number of aliphatic hydroxyl groups is 1. The lowest BCUT2D eigenvalue weighted by molar-refractivity contribution is -0.125. The number of hydrogen-bond donors (Lipinski definition) is 3. The molecule has 29 heavy (non-hydrogen) atoms. The number of hydrogen-bond acceptors (Lipinski definition) is 6. The lowest BCUT2D eigenvalue weighted by Gasteiger charge is -2.27. The highest BCUT2D eigenvalue weighted by Gasteiger charge is 2.48. The number of anilines is 2. The van der Waals surface area contributed by atoms with Crippen LogP contribution in [-0.2, 0) is 14.8 Å². The molecule has 0 atom stereocenters. The second-order valence-electron chi connectivity index (χ2n) is 7.03. The molecular weight excluding hydrogens is 421 g/mol. The highest BCUT2D eigenvalue weighted by Crippen LogP contribution is 2.39. The number of sulfonamides is 1. The molecule has 0 saturated heterocycles. The van der Waals surface area contributed by atoms with E-state index in [4.69, 9.17) is 5.73 Å². The molecule has 156 valence electrons. The number of nitrogens with zero attached hydrogens (tertiary/aromatic N) is 1. The van der Waals surface area contributed by atoms with Crippen LogP contribution in [0.5, 0.6) is 0 Å². The molecule has 2 amide bonds. The topological polar surface area (TPSA) is 130 Å². The lowest BCUT2D eigenvalue weighted by atomic mass is 10.3. The zero-order valence-electron chi connectivity index (χ0n) is 15.7. The number of nitrogens with two attached hydrogens (primary N) is 1. The summed E-state index contributed by atoms with van der Waals surface area (Å²) in [5, 5.41) is 12.3. The number of nitrogens with one attached hydrogen (secondary N) is 1. The molecule has 4 N–H and O–H groups in total. The Balaban J connectivity index is 2.02. The molecule has 8 nitrogen and oxygen atoms in total. The molecule has 11 heteroatoms. The van der Waals surface area contributed by atoms with Crippen LogP contribution in [0.2, 0.25) is 0 Å². The molecule has 1 aliphatic rings. The van der Waals surface area contributed by atoms with Crippen molar-refractivity contribution in [3.8, 4) is 0 Å². The normalized spacial score (nSPS) is 15.2. The molecular formula is C18H20FN3O5S2. The Hall–Kier alpha value is -2.50. The number of primary amides is 1. The van der Waals surface area contributed by atoms with Gasteiger partial charge in [0, 0.05) is 6.04 Å². The lowest BCUT2D eigenvalue weighted by Crippen LogP contribution is -2.36. The monoisotopic (exact) mass is 441 g/mol. The third-order valence-corrected chi connectivity index (χ3v) is 7.92. The molecule has 0 spiro atoms. The van der Waals surface area contributed by atoms with Crippen molar-refractivity contribution < 1.29 is 27.5 Å². The minimum absolute atomic E-state index is 0.0517. The van der Waals surface area contributed by atoms with Crippen LogP contribution in [0.1, 0.15) is 37.0 Å². The van der Waals surface area contributed by atoms with Gasteiger partial charge in [0.2, 0.25) is 0 Å². The third kappa shape index (κ3) is 4.11. The summed E-state index contributed by atoms with van der Waals surface area (Å²) in [6, 6.07) is 5.53. The molecule has 1 saturated carbocycles. The van der Waals surface area contributed by atoms with Gasteiger partial charge in [-0.05, 0) is 57.0 Å². The average molecular weight is 442 g/mol. The van der Waals surface area contributed by atoms with Crippen molar-refractivity contribution >= 4 is 43.9 Å². The largest absolute Gasteiger partial charge is 0.380 e. The van der Waals surface area contributed by atoms with Crippen LogP contribution in [0.4, 0.5) is 15.1 Å². The van der Waals surface area contributed by atoms with Gasteiger partial charge in [0.15, 0.2) is 0 Å². The van der Waals surface area contributed by atoms with E-state index in [0.29, 0.717) is 11.3 Å². The van der Waals surface area contributed by atoms with Crippen molar-refractivity contribution in [3.63, 3.8) is 0 Å². The second-order valence-corrected chi connectivity index (χ2v) is 10.1. The number of carbonyl (C=O) groups excluding carboxylic acids is 2.